The molecule has 1 aliphatic heterocycles. The summed E-state index contributed by atoms with van der Waals surface area (Å²) in [5.41, 5.74) is 14.2. The van der Waals surface area contributed by atoms with Crippen LogP contribution in [0.3, 0.4) is 0 Å². The second-order valence-electron chi connectivity index (χ2n) is 18.7. The number of hydrogen-bond acceptors (Lipinski definition) is 1. The molecule has 0 amide bonds. The van der Waals surface area contributed by atoms with Gasteiger partial charge in [0.1, 0.15) is 5.82 Å². The van der Waals surface area contributed by atoms with E-state index in [1.165, 1.54) is 82.0 Å². The van der Waals surface area contributed by atoms with Gasteiger partial charge < -0.3 is 4.57 Å². The monoisotopic (exact) mass is 835 g/mol. The number of benzene rings is 9. The molecule has 3 heterocycles. The summed E-state index contributed by atoms with van der Waals surface area (Å²) in [4.78, 5) is 5.77. The number of para-hydroxylation sites is 1. The van der Waals surface area contributed by atoms with Crippen LogP contribution in [0, 0.1) is 5.92 Å². The molecule has 3 nitrogen and oxygen atoms in total. The minimum atomic E-state index is 0.0624. The zero-order chi connectivity index (χ0) is 43.8. The Morgan fingerprint density at radius 1 is 0.462 bits per heavy atom. The molecule has 11 aromatic rings. The lowest BCUT2D eigenvalue weighted by atomic mass is 9.87. The number of allylic oxidation sites excluding steroid dienone is 3. The fourth-order valence-electron chi connectivity index (χ4n) is 10.3. The van der Waals surface area contributed by atoms with Crippen molar-refractivity contribution < 1.29 is 0 Å². The molecule has 0 radical (unpaired) electrons. The first-order valence-electron chi connectivity index (χ1n) is 23.0. The van der Waals surface area contributed by atoms with Crippen molar-refractivity contribution in [1.82, 2.24) is 9.13 Å². The van der Waals surface area contributed by atoms with Gasteiger partial charge in [0.2, 0.25) is 0 Å². The molecule has 312 valence electrons. The fraction of sp³-hybridized carbons (Fsp3) is 0.113. The van der Waals surface area contributed by atoms with Crippen LogP contribution in [0.5, 0.6) is 0 Å². The third-order valence-corrected chi connectivity index (χ3v) is 13.8. The Kier molecular flexibility index (Phi) is 9.10. The van der Waals surface area contributed by atoms with Gasteiger partial charge in [0, 0.05) is 38.7 Å². The van der Waals surface area contributed by atoms with Crippen LogP contribution in [0.2, 0.25) is 0 Å². The Morgan fingerprint density at radius 2 is 1.08 bits per heavy atom. The second-order valence-corrected chi connectivity index (χ2v) is 18.7. The summed E-state index contributed by atoms with van der Waals surface area (Å²) in [6.45, 7) is 9.14. The molecular formula is C62H49N3. The SMILES string of the molecule is CCC1C=C(n2c3ccccc3c3cc4c(cc32)c2c3ccccc3ccc2n4-c2ccc(C(C)(C)C)cc2)N=C(c2ccc3ccccc3c2)C=C1c1ccc(-c2ccccc2)cc1. The van der Waals surface area contributed by atoms with Gasteiger partial charge in [0.05, 0.1) is 27.8 Å². The van der Waals surface area contributed by atoms with Crippen LogP contribution in [0.4, 0.5) is 0 Å². The van der Waals surface area contributed by atoms with Gasteiger partial charge in [-0.3, -0.25) is 4.57 Å². The predicted octanol–water partition coefficient (Wildman–Crippen LogP) is 16.6. The van der Waals surface area contributed by atoms with E-state index in [1.54, 1.807) is 0 Å². The van der Waals surface area contributed by atoms with Gasteiger partial charge in [-0.15, -0.1) is 0 Å². The molecule has 1 aliphatic rings. The van der Waals surface area contributed by atoms with Gasteiger partial charge in [-0.05, 0) is 116 Å². The van der Waals surface area contributed by atoms with E-state index in [2.05, 4.69) is 243 Å². The first-order valence-corrected chi connectivity index (χ1v) is 23.0. The first kappa shape index (κ1) is 38.9. The van der Waals surface area contributed by atoms with E-state index in [4.69, 9.17) is 4.99 Å². The zero-order valence-corrected chi connectivity index (χ0v) is 37.3. The van der Waals surface area contributed by atoms with Crippen LogP contribution >= 0.6 is 0 Å². The summed E-state index contributed by atoms with van der Waals surface area (Å²) in [7, 11) is 0. The fourth-order valence-corrected chi connectivity index (χ4v) is 10.3. The highest BCUT2D eigenvalue weighted by atomic mass is 15.1. The van der Waals surface area contributed by atoms with Crippen molar-refractivity contribution in [2.45, 2.75) is 39.5 Å². The van der Waals surface area contributed by atoms with Crippen molar-refractivity contribution in [3.63, 3.8) is 0 Å². The van der Waals surface area contributed by atoms with Crippen LogP contribution in [0.1, 0.15) is 50.8 Å². The molecule has 3 heteroatoms. The lowest BCUT2D eigenvalue weighted by Gasteiger charge is -2.19. The van der Waals surface area contributed by atoms with Crippen LogP contribution < -0.4 is 0 Å². The van der Waals surface area contributed by atoms with Crippen LogP contribution in [0.15, 0.2) is 211 Å². The summed E-state index contributed by atoms with van der Waals surface area (Å²) in [6, 6.07) is 71.5. The Balaban J connectivity index is 1.12. The summed E-state index contributed by atoms with van der Waals surface area (Å²) in [6.07, 6.45) is 5.71. The molecule has 1 unspecified atom stereocenters. The van der Waals surface area contributed by atoms with Crippen molar-refractivity contribution >= 4 is 82.3 Å². The third-order valence-electron chi connectivity index (χ3n) is 13.8. The highest BCUT2D eigenvalue weighted by molar-refractivity contribution is 6.25. The number of aliphatic imine (C=N–C) groups is 1. The van der Waals surface area contributed by atoms with Crippen molar-refractivity contribution in [2.75, 3.05) is 0 Å². The maximum atomic E-state index is 5.77. The van der Waals surface area contributed by atoms with Crippen molar-refractivity contribution in [2.24, 2.45) is 10.9 Å². The predicted molar refractivity (Wildman–Crippen MR) is 278 cm³/mol. The van der Waals surface area contributed by atoms with Gasteiger partial charge in [-0.1, -0.05) is 179 Å². The smallest absolute Gasteiger partial charge is 0.134 e. The summed E-state index contributed by atoms with van der Waals surface area (Å²) in [5.74, 6) is 1.04. The minimum absolute atomic E-state index is 0.0624. The molecule has 0 spiro atoms. The summed E-state index contributed by atoms with van der Waals surface area (Å²) in [5, 5.41) is 9.82. The molecule has 12 rings (SSSR count). The molecular weight excluding hydrogens is 787 g/mol. The zero-order valence-electron chi connectivity index (χ0n) is 37.3. The molecule has 0 saturated carbocycles. The molecule has 0 N–H and O–H groups in total. The number of aromatic nitrogens is 2. The van der Waals surface area contributed by atoms with E-state index in [0.717, 1.165) is 40.2 Å². The van der Waals surface area contributed by atoms with Gasteiger partial charge in [0.15, 0.2) is 0 Å². The molecule has 65 heavy (non-hydrogen) atoms. The average molecular weight is 836 g/mol. The van der Waals surface area contributed by atoms with E-state index < -0.39 is 0 Å². The first-order chi connectivity index (χ1) is 31.8. The molecule has 9 aromatic carbocycles. The lowest BCUT2D eigenvalue weighted by molar-refractivity contribution is 0.590. The summed E-state index contributed by atoms with van der Waals surface area (Å²) < 4.78 is 4.91. The number of fused-ring (bicyclic) bond motifs is 9. The number of hydrogen-bond donors (Lipinski definition) is 0. The molecule has 1 atom stereocenters. The second kappa shape index (κ2) is 15.2. The highest BCUT2D eigenvalue weighted by Gasteiger charge is 2.25. The molecule has 0 fully saturated rings. The molecule has 0 saturated heterocycles. The van der Waals surface area contributed by atoms with Crippen LogP contribution in [-0.4, -0.2) is 14.8 Å². The topological polar surface area (TPSA) is 22.2 Å². The average Bonchev–Trinajstić information content (AvgIpc) is 3.77. The van der Waals surface area contributed by atoms with E-state index in [0.29, 0.717) is 0 Å². The molecule has 0 aliphatic carbocycles. The Hall–Kier alpha value is -7.75. The van der Waals surface area contributed by atoms with E-state index in [1.807, 2.05) is 0 Å². The highest BCUT2D eigenvalue weighted by Crippen LogP contribution is 2.43. The van der Waals surface area contributed by atoms with Gasteiger partial charge in [-0.25, -0.2) is 4.99 Å². The number of rotatable bonds is 6. The van der Waals surface area contributed by atoms with Crippen molar-refractivity contribution in [3.05, 3.63) is 223 Å². The Bertz CT molecular complexity index is 3750. The maximum absolute atomic E-state index is 5.77. The lowest BCUT2D eigenvalue weighted by Crippen LogP contribution is -2.10. The Morgan fingerprint density at radius 3 is 1.85 bits per heavy atom. The van der Waals surface area contributed by atoms with Gasteiger partial charge >= 0.3 is 0 Å². The third kappa shape index (κ3) is 6.53. The normalized spacial score (nSPS) is 14.6. The van der Waals surface area contributed by atoms with E-state index in [-0.39, 0.29) is 11.3 Å². The molecule has 2 aromatic heterocycles. The van der Waals surface area contributed by atoms with Crippen LogP contribution in [0.25, 0.3) is 93.4 Å². The Labute approximate surface area is 379 Å². The van der Waals surface area contributed by atoms with Crippen LogP contribution in [-0.2, 0) is 5.41 Å². The largest absolute Gasteiger partial charge is 0.309 e. The minimum Gasteiger partial charge on any atom is -0.309 e. The standard InChI is InChI=1S/C62H49N3/c1-5-40-36-60(63-55(47-28-25-42-17-9-10-19-46(42)35-47)37-52(40)45-26-23-43(24-27-45)41-15-7-6-8-16-41)65-56-22-14-13-21-51(56)53-38-59-54(39-58(53)65)61-50-20-12-11-18-44(50)29-34-57(61)64(59)49-32-30-48(31-33-49)62(2,3)4/h6-40H,5H2,1-4H3. The van der Waals surface area contributed by atoms with Crippen molar-refractivity contribution in [3.8, 4) is 16.8 Å². The van der Waals surface area contributed by atoms with E-state index in [9.17, 15) is 0 Å². The number of nitrogens with zero attached hydrogens (tertiary/aromatic N) is 3. The van der Waals surface area contributed by atoms with Gasteiger partial charge in [0.25, 0.3) is 0 Å². The van der Waals surface area contributed by atoms with E-state index >= 15 is 0 Å². The van der Waals surface area contributed by atoms with Crippen molar-refractivity contribution in [1.29, 1.82) is 0 Å². The van der Waals surface area contributed by atoms with Gasteiger partial charge in [-0.2, -0.15) is 0 Å². The quantitative estimate of drug-likeness (QED) is 0.159. The molecule has 0 bridgehead atoms. The summed E-state index contributed by atoms with van der Waals surface area (Å²) >= 11 is 0. The maximum Gasteiger partial charge on any atom is 0.134 e.